The van der Waals surface area contributed by atoms with Crippen LogP contribution in [0.1, 0.15) is 0 Å². The van der Waals surface area contributed by atoms with E-state index in [0.29, 0.717) is 0 Å². The van der Waals surface area contributed by atoms with Crippen LogP contribution in [0.5, 0.6) is 0 Å². The molecule has 0 rings (SSSR count). The summed E-state index contributed by atoms with van der Waals surface area (Å²) in [7, 11) is -9.33. The fourth-order valence-electron chi connectivity index (χ4n) is 0. The molecular formula is H4O10S3. The zero-order valence-electron chi connectivity index (χ0n) is 5.46. The van der Waals surface area contributed by atoms with Gasteiger partial charge >= 0.3 is 32.4 Å². The Balaban J connectivity index is -0.000000120. The summed E-state index contributed by atoms with van der Waals surface area (Å²) in [5, 5.41) is 0. The lowest BCUT2D eigenvalue weighted by molar-refractivity contribution is 0.378. The highest BCUT2D eigenvalue weighted by molar-refractivity contribution is 7.80. The second-order valence-electron chi connectivity index (χ2n) is 0.964. The van der Waals surface area contributed by atoms with E-state index in [0.717, 1.165) is 0 Å². The van der Waals surface area contributed by atoms with Crippen molar-refractivity contribution >= 4 is 32.4 Å². The molecule has 0 aliphatic rings. The standard InChI is InChI=1S/2H2O4S.O2S/c2*1-5(2,3)4;1-3-2/h2*(H2,1,2,3,4);. The van der Waals surface area contributed by atoms with Gasteiger partial charge in [-0.3, -0.25) is 18.2 Å². The van der Waals surface area contributed by atoms with Crippen molar-refractivity contribution in [2.45, 2.75) is 0 Å². The summed E-state index contributed by atoms with van der Waals surface area (Å²) in [6.07, 6.45) is 0. The predicted molar refractivity (Wildman–Crippen MR) is 37.3 cm³/mol. The molecule has 0 aromatic heterocycles. The van der Waals surface area contributed by atoms with Crippen molar-refractivity contribution in [3.8, 4) is 0 Å². The first kappa shape index (κ1) is 18.4. The third-order valence-electron chi connectivity index (χ3n) is 0. The second kappa shape index (κ2) is 8.17. The molecule has 0 heterocycles. The predicted octanol–water partition coefficient (Wildman–Crippen LogP) is -1.98. The van der Waals surface area contributed by atoms with Gasteiger partial charge in [-0.25, -0.2) is 0 Å². The minimum absolute atomic E-state index is 0.750. The minimum Gasteiger partial charge on any atom is -0.264 e. The van der Waals surface area contributed by atoms with Crippen molar-refractivity contribution in [3.63, 3.8) is 0 Å². The normalized spacial score (nSPS) is 9.85. The number of hydrogen-bond acceptors (Lipinski definition) is 6. The molecule has 0 fully saturated rings. The first-order valence-electron chi connectivity index (χ1n) is 1.73. The number of rotatable bonds is 0. The van der Waals surface area contributed by atoms with Crippen LogP contribution in [-0.4, -0.2) is 43.5 Å². The lowest BCUT2D eigenvalue weighted by atomic mass is 15.8. The monoisotopic (exact) mass is 260 g/mol. The molecule has 10 nitrogen and oxygen atoms in total. The van der Waals surface area contributed by atoms with Crippen LogP contribution in [0.15, 0.2) is 0 Å². The van der Waals surface area contributed by atoms with Crippen LogP contribution in [0, 0.1) is 0 Å². The van der Waals surface area contributed by atoms with E-state index in [1.807, 2.05) is 0 Å². The number of hydrogen-bond donors (Lipinski definition) is 4. The lowest BCUT2D eigenvalue weighted by Crippen LogP contribution is -1.89. The summed E-state index contributed by atoms with van der Waals surface area (Å²) in [5.74, 6) is 0. The van der Waals surface area contributed by atoms with Crippen LogP contribution in [0.4, 0.5) is 0 Å². The smallest absolute Gasteiger partial charge is 0.264 e. The van der Waals surface area contributed by atoms with Gasteiger partial charge in [-0.1, -0.05) is 0 Å². The van der Waals surface area contributed by atoms with Crippen molar-refractivity contribution in [3.05, 3.63) is 0 Å². The highest BCUT2D eigenvalue weighted by atomic mass is 32.3. The lowest BCUT2D eigenvalue weighted by Gasteiger charge is -1.68. The summed E-state index contributed by atoms with van der Waals surface area (Å²) in [6, 6.07) is 0. The maximum Gasteiger partial charge on any atom is 0.394 e. The Morgan fingerprint density at radius 2 is 0.692 bits per heavy atom. The van der Waals surface area contributed by atoms with Crippen molar-refractivity contribution in [2.75, 3.05) is 0 Å². The molecule has 0 aliphatic heterocycles. The molecule has 0 bridgehead atoms. The quantitative estimate of drug-likeness (QED) is 0.356. The van der Waals surface area contributed by atoms with Crippen LogP contribution in [-0.2, 0) is 32.4 Å². The molecule has 0 aromatic rings. The van der Waals surface area contributed by atoms with Crippen molar-refractivity contribution < 1.29 is 43.5 Å². The van der Waals surface area contributed by atoms with Gasteiger partial charge in [-0.15, -0.1) is 0 Å². The minimum atomic E-state index is -4.67. The molecule has 0 spiro atoms. The molecule has 0 aromatic carbocycles. The highest BCUT2D eigenvalue weighted by Gasteiger charge is 1.85. The molecule has 0 atom stereocenters. The van der Waals surface area contributed by atoms with E-state index in [9.17, 15) is 0 Å². The average molecular weight is 260 g/mol. The average Bonchev–Trinajstić information content (AvgIpc) is 1.52. The highest BCUT2D eigenvalue weighted by Crippen LogP contribution is 1.59. The SMILES string of the molecule is O=S(=O)(O)O.O=S(=O)(O)O.O=S=O. The maximum atomic E-state index is 8.74. The van der Waals surface area contributed by atoms with Gasteiger partial charge < -0.3 is 0 Å². The zero-order chi connectivity index (χ0) is 11.7. The Morgan fingerprint density at radius 1 is 0.692 bits per heavy atom. The van der Waals surface area contributed by atoms with Crippen LogP contribution in [0.25, 0.3) is 0 Å². The summed E-state index contributed by atoms with van der Waals surface area (Å²) in [4.78, 5) is 0. The first-order chi connectivity index (χ1) is 5.41. The van der Waals surface area contributed by atoms with E-state index in [-0.39, 0.29) is 0 Å². The topological polar surface area (TPSA) is 183 Å². The maximum absolute atomic E-state index is 8.74. The summed E-state index contributed by atoms with van der Waals surface area (Å²) in [5.41, 5.74) is 0. The van der Waals surface area contributed by atoms with Gasteiger partial charge in [0.15, 0.2) is 0 Å². The molecule has 0 aliphatic carbocycles. The molecule has 0 unspecified atom stereocenters. The van der Waals surface area contributed by atoms with E-state index >= 15 is 0 Å². The van der Waals surface area contributed by atoms with Gasteiger partial charge in [0.05, 0.1) is 0 Å². The van der Waals surface area contributed by atoms with Gasteiger partial charge in [-0.2, -0.15) is 25.3 Å². The van der Waals surface area contributed by atoms with Gasteiger partial charge in [-0.05, 0) is 0 Å². The molecule has 0 amide bonds. The fraction of sp³-hybridized carbons (Fsp3) is 0. The Bertz CT molecular complexity index is 274. The van der Waals surface area contributed by atoms with Gasteiger partial charge in [0.25, 0.3) is 0 Å². The molecule has 82 valence electrons. The van der Waals surface area contributed by atoms with Gasteiger partial charge in [0.2, 0.25) is 0 Å². The van der Waals surface area contributed by atoms with E-state index in [1.54, 1.807) is 0 Å². The molecule has 13 heteroatoms. The summed E-state index contributed by atoms with van der Waals surface area (Å²) in [6.45, 7) is 0. The van der Waals surface area contributed by atoms with E-state index in [2.05, 4.69) is 0 Å². The Hall–Kier alpha value is -0.440. The van der Waals surface area contributed by atoms with Gasteiger partial charge in [0, 0.05) is 0 Å². The second-order valence-corrected chi connectivity index (χ2v) is 2.89. The third-order valence-corrected chi connectivity index (χ3v) is 0. The fourth-order valence-corrected chi connectivity index (χ4v) is 0. The first-order valence-corrected chi connectivity index (χ1v) is 5.19. The largest absolute Gasteiger partial charge is 0.394 e. The van der Waals surface area contributed by atoms with E-state index in [1.165, 1.54) is 0 Å². The van der Waals surface area contributed by atoms with Crippen molar-refractivity contribution in [2.24, 2.45) is 0 Å². The Kier molecular flexibility index (Phi) is 11.5. The molecule has 4 N–H and O–H groups in total. The molecular weight excluding hydrogens is 256 g/mol. The van der Waals surface area contributed by atoms with Crippen molar-refractivity contribution in [1.82, 2.24) is 0 Å². The molecule has 0 saturated carbocycles. The van der Waals surface area contributed by atoms with E-state index in [4.69, 9.17) is 43.5 Å². The van der Waals surface area contributed by atoms with Gasteiger partial charge in [0.1, 0.15) is 0 Å². The van der Waals surface area contributed by atoms with Crippen LogP contribution in [0.2, 0.25) is 0 Å². The zero-order valence-corrected chi connectivity index (χ0v) is 7.91. The molecule has 0 radical (unpaired) electrons. The Labute approximate surface area is 76.3 Å². The van der Waals surface area contributed by atoms with Crippen LogP contribution in [0.3, 0.4) is 0 Å². The van der Waals surface area contributed by atoms with Crippen LogP contribution >= 0.6 is 0 Å². The van der Waals surface area contributed by atoms with Crippen molar-refractivity contribution in [1.29, 1.82) is 0 Å². The Morgan fingerprint density at radius 3 is 0.692 bits per heavy atom. The van der Waals surface area contributed by atoms with Crippen LogP contribution < -0.4 is 0 Å². The third kappa shape index (κ3) is 5460. The summed E-state index contributed by atoms with van der Waals surface area (Å²) >= 11 is -0.750. The molecule has 0 saturated heterocycles. The van der Waals surface area contributed by atoms with E-state index < -0.39 is 32.4 Å². The summed E-state index contributed by atoms with van der Waals surface area (Å²) < 4.78 is 79.8. The molecule has 13 heavy (non-hydrogen) atoms.